The number of aryl methyl sites for hydroxylation is 1. The van der Waals surface area contributed by atoms with Crippen LogP contribution in [0.15, 0.2) is 65.6 Å². The highest BCUT2D eigenvalue weighted by Gasteiger charge is 2.36. The quantitative estimate of drug-likeness (QED) is 0.155. The lowest BCUT2D eigenvalue weighted by Crippen LogP contribution is -2.54. The molecular weight excluding hydrogens is 667 g/mol. The molecule has 0 unspecified atom stereocenters. The maximum Gasteiger partial charge on any atom is 0.273 e. The van der Waals surface area contributed by atoms with Gasteiger partial charge in [0.2, 0.25) is 11.8 Å². The SMILES string of the molecule is CC[C@H](C(=O)NC1CCCCC1)N(Cc1ccccc1Cl)C(=O)CN(c1cc(Cl)ccc1OC)S(=O)(=O)c1ccc(C)c([N+](=O)[O-])c1. The average Bonchev–Trinajstić information content (AvgIpc) is 3.04. The van der Waals surface area contributed by atoms with Crippen molar-refractivity contribution in [2.24, 2.45) is 0 Å². The van der Waals surface area contributed by atoms with E-state index in [0.29, 0.717) is 10.6 Å². The van der Waals surface area contributed by atoms with E-state index in [1.165, 1.54) is 49.3 Å². The molecule has 0 bridgehead atoms. The Morgan fingerprint density at radius 3 is 2.40 bits per heavy atom. The number of halogens is 2. The van der Waals surface area contributed by atoms with Crippen molar-refractivity contribution < 1.29 is 27.7 Å². The molecule has 252 valence electrons. The first-order valence-electron chi connectivity index (χ1n) is 15.3. The van der Waals surface area contributed by atoms with Crippen LogP contribution in [0, 0.1) is 17.0 Å². The maximum absolute atomic E-state index is 14.4. The third kappa shape index (κ3) is 8.54. The number of carbonyl (C=O) groups excluding carboxylic acids is 2. The average molecular weight is 706 g/mol. The number of anilines is 1. The summed E-state index contributed by atoms with van der Waals surface area (Å²) in [7, 11) is -3.31. The molecule has 11 nitrogen and oxygen atoms in total. The Balaban J connectivity index is 1.81. The Labute approximate surface area is 285 Å². The molecule has 2 amide bonds. The molecule has 1 fully saturated rings. The van der Waals surface area contributed by atoms with Crippen LogP contribution in [0.25, 0.3) is 0 Å². The van der Waals surface area contributed by atoms with E-state index >= 15 is 0 Å². The van der Waals surface area contributed by atoms with E-state index in [4.69, 9.17) is 27.9 Å². The van der Waals surface area contributed by atoms with Gasteiger partial charge >= 0.3 is 0 Å². The summed E-state index contributed by atoms with van der Waals surface area (Å²) in [5.41, 5.74) is 0.364. The molecule has 47 heavy (non-hydrogen) atoms. The lowest BCUT2D eigenvalue weighted by atomic mass is 9.95. The van der Waals surface area contributed by atoms with E-state index < -0.39 is 44.0 Å². The van der Waals surface area contributed by atoms with Crippen LogP contribution in [-0.2, 0) is 26.2 Å². The smallest absolute Gasteiger partial charge is 0.273 e. The van der Waals surface area contributed by atoms with E-state index in [0.717, 1.165) is 42.5 Å². The van der Waals surface area contributed by atoms with Crippen LogP contribution in [0.3, 0.4) is 0 Å². The predicted octanol–water partition coefficient (Wildman–Crippen LogP) is 6.67. The number of nitro benzene ring substituents is 1. The fraction of sp³-hybridized carbons (Fsp3) is 0.394. The molecule has 0 aromatic heterocycles. The lowest BCUT2D eigenvalue weighted by molar-refractivity contribution is -0.385. The Morgan fingerprint density at radius 2 is 1.77 bits per heavy atom. The molecule has 0 radical (unpaired) electrons. The Kier molecular flexibility index (Phi) is 12.1. The number of hydrogen-bond donors (Lipinski definition) is 1. The monoisotopic (exact) mass is 704 g/mol. The van der Waals surface area contributed by atoms with Crippen molar-refractivity contribution in [3.05, 3.63) is 92.0 Å². The van der Waals surface area contributed by atoms with Crippen molar-refractivity contribution in [3.8, 4) is 5.75 Å². The molecule has 4 rings (SSSR count). The fourth-order valence-corrected chi connectivity index (χ4v) is 7.52. The van der Waals surface area contributed by atoms with Gasteiger partial charge in [0.25, 0.3) is 15.7 Å². The Bertz CT molecular complexity index is 1730. The van der Waals surface area contributed by atoms with Gasteiger partial charge in [0.1, 0.15) is 18.3 Å². The summed E-state index contributed by atoms with van der Waals surface area (Å²) >= 11 is 12.8. The van der Waals surface area contributed by atoms with Gasteiger partial charge in [-0.1, -0.05) is 73.7 Å². The highest BCUT2D eigenvalue weighted by molar-refractivity contribution is 7.92. The molecule has 1 N–H and O–H groups in total. The Morgan fingerprint density at radius 1 is 1.06 bits per heavy atom. The van der Waals surface area contributed by atoms with Crippen LogP contribution in [0.4, 0.5) is 11.4 Å². The molecule has 3 aromatic rings. The standard InChI is InChI=1S/C33H38Cl2N4O7S/c1-4-28(33(41)36-25-11-6-5-7-12-25)37(20-23-10-8-9-13-27(23)35)32(40)21-38(30-18-24(34)15-17-31(30)46-3)47(44,45)26-16-14-22(2)29(19-26)39(42)43/h8-10,13-19,25,28H,4-7,11-12,20-21H2,1-3H3,(H,36,41)/t28-/m1/s1. The first-order chi connectivity index (χ1) is 22.4. The van der Waals surface area contributed by atoms with Gasteiger partial charge in [-0.05, 0) is 62.1 Å². The zero-order valence-electron chi connectivity index (χ0n) is 26.4. The third-order valence-corrected chi connectivity index (χ3v) is 10.6. The highest BCUT2D eigenvalue weighted by Crippen LogP contribution is 2.36. The number of nitro groups is 1. The van der Waals surface area contributed by atoms with E-state index in [9.17, 15) is 28.1 Å². The first-order valence-corrected chi connectivity index (χ1v) is 17.5. The maximum atomic E-state index is 14.4. The number of methoxy groups -OCH3 is 1. The lowest BCUT2D eigenvalue weighted by Gasteiger charge is -2.35. The van der Waals surface area contributed by atoms with E-state index in [2.05, 4.69) is 5.32 Å². The van der Waals surface area contributed by atoms with Crippen molar-refractivity contribution in [1.82, 2.24) is 10.2 Å². The van der Waals surface area contributed by atoms with E-state index in [-0.39, 0.29) is 46.9 Å². The zero-order valence-corrected chi connectivity index (χ0v) is 28.8. The second-order valence-electron chi connectivity index (χ2n) is 11.4. The van der Waals surface area contributed by atoms with Crippen molar-refractivity contribution in [2.75, 3.05) is 18.0 Å². The molecule has 1 atom stereocenters. The summed E-state index contributed by atoms with van der Waals surface area (Å²) in [6, 6.07) is 13.7. The van der Waals surface area contributed by atoms with Gasteiger partial charge in [-0.3, -0.25) is 24.0 Å². The van der Waals surface area contributed by atoms with Crippen molar-refractivity contribution >= 4 is 56.4 Å². The number of ether oxygens (including phenoxy) is 1. The predicted molar refractivity (Wildman–Crippen MR) is 181 cm³/mol. The van der Waals surface area contributed by atoms with Gasteiger partial charge in [0.05, 0.1) is 22.6 Å². The summed E-state index contributed by atoms with van der Waals surface area (Å²) in [5, 5.41) is 15.4. The molecular formula is C33H38Cl2N4O7S. The highest BCUT2D eigenvalue weighted by atomic mass is 35.5. The molecule has 1 saturated carbocycles. The summed E-state index contributed by atoms with van der Waals surface area (Å²) in [5.74, 6) is -0.960. The normalized spacial score (nSPS) is 14.2. The Hall–Kier alpha value is -3.87. The van der Waals surface area contributed by atoms with Crippen molar-refractivity contribution in [2.45, 2.75) is 75.9 Å². The summed E-state index contributed by atoms with van der Waals surface area (Å²) in [6.07, 6.45) is 5.01. The number of carbonyl (C=O) groups is 2. The van der Waals surface area contributed by atoms with E-state index in [1.54, 1.807) is 31.2 Å². The minimum atomic E-state index is -4.65. The number of amides is 2. The van der Waals surface area contributed by atoms with Crippen LogP contribution >= 0.6 is 23.2 Å². The molecule has 3 aromatic carbocycles. The summed E-state index contributed by atoms with van der Waals surface area (Å²) < 4.78 is 34.9. The number of benzene rings is 3. The second-order valence-corrected chi connectivity index (χ2v) is 14.1. The van der Waals surface area contributed by atoms with Gasteiger partial charge in [0.15, 0.2) is 0 Å². The number of rotatable bonds is 13. The molecule has 0 aliphatic heterocycles. The second kappa shape index (κ2) is 15.8. The van der Waals surface area contributed by atoms with Crippen LogP contribution in [0.1, 0.15) is 56.6 Å². The number of nitrogens with zero attached hydrogens (tertiary/aromatic N) is 3. The first kappa shape index (κ1) is 36.0. The van der Waals surface area contributed by atoms with Crippen molar-refractivity contribution in [3.63, 3.8) is 0 Å². The van der Waals surface area contributed by atoms with Crippen LogP contribution in [0.5, 0.6) is 5.75 Å². The van der Waals surface area contributed by atoms with Crippen LogP contribution < -0.4 is 14.4 Å². The van der Waals surface area contributed by atoms with Gasteiger partial charge in [-0.2, -0.15) is 0 Å². The largest absolute Gasteiger partial charge is 0.495 e. The fourth-order valence-electron chi connectivity index (χ4n) is 5.72. The number of hydrogen-bond acceptors (Lipinski definition) is 7. The molecule has 14 heteroatoms. The van der Waals surface area contributed by atoms with Crippen LogP contribution in [0.2, 0.25) is 10.0 Å². The number of sulfonamides is 1. The van der Waals surface area contributed by atoms with E-state index in [1.807, 2.05) is 0 Å². The molecule has 0 spiro atoms. The van der Waals surface area contributed by atoms with Gasteiger partial charge in [-0.15, -0.1) is 0 Å². The third-order valence-electron chi connectivity index (χ3n) is 8.29. The minimum Gasteiger partial charge on any atom is -0.495 e. The molecule has 1 aliphatic rings. The molecule has 0 heterocycles. The van der Waals surface area contributed by atoms with Gasteiger partial charge in [-0.25, -0.2) is 8.42 Å². The zero-order chi connectivity index (χ0) is 34.3. The van der Waals surface area contributed by atoms with Gasteiger partial charge < -0.3 is 15.0 Å². The molecule has 1 aliphatic carbocycles. The van der Waals surface area contributed by atoms with Crippen LogP contribution in [-0.4, -0.2) is 55.8 Å². The van der Waals surface area contributed by atoms with Gasteiger partial charge in [0, 0.05) is 34.3 Å². The summed E-state index contributed by atoms with van der Waals surface area (Å²) in [4.78, 5) is 40.2. The topological polar surface area (TPSA) is 139 Å². The minimum absolute atomic E-state index is 0.0208. The van der Waals surface area contributed by atoms with Crippen molar-refractivity contribution in [1.29, 1.82) is 0 Å². The summed E-state index contributed by atoms with van der Waals surface area (Å²) in [6.45, 7) is 2.41. The number of nitrogens with one attached hydrogen (secondary N) is 1. The molecule has 0 saturated heterocycles.